The number of carbonyl (C=O) groups is 1. The maximum Gasteiger partial charge on any atom is 0.257 e. The molecule has 3 aromatic rings. The summed E-state index contributed by atoms with van der Waals surface area (Å²) in [4.78, 5) is 19.8. The predicted molar refractivity (Wildman–Crippen MR) is 136 cm³/mol. The lowest BCUT2D eigenvalue weighted by molar-refractivity contribution is 0.102. The summed E-state index contributed by atoms with van der Waals surface area (Å²) in [5, 5.41) is 7.71. The molecular formula is C25H33N5O4S. The van der Waals surface area contributed by atoms with Crippen molar-refractivity contribution in [2.45, 2.75) is 57.8 Å². The Bertz CT molecular complexity index is 1310. The SMILES string of the molecule is CCN(CC)c1ccc(S(=O)(=O)N2CCCCC2)cc1NC(=O)c1cnc2onc(C(C)C)c2c1. The summed E-state index contributed by atoms with van der Waals surface area (Å²) in [6, 6.07) is 6.69. The van der Waals surface area contributed by atoms with E-state index in [0.717, 1.165) is 30.6 Å². The molecule has 0 atom stereocenters. The topological polar surface area (TPSA) is 109 Å². The molecule has 188 valence electrons. The summed E-state index contributed by atoms with van der Waals surface area (Å²) in [6.45, 7) is 10.5. The number of aromatic nitrogens is 2. The van der Waals surface area contributed by atoms with E-state index in [4.69, 9.17) is 4.52 Å². The van der Waals surface area contributed by atoms with E-state index >= 15 is 0 Å². The van der Waals surface area contributed by atoms with Gasteiger partial charge in [0.1, 0.15) is 0 Å². The highest BCUT2D eigenvalue weighted by atomic mass is 32.2. The van der Waals surface area contributed by atoms with E-state index in [1.807, 2.05) is 27.7 Å². The first kappa shape index (κ1) is 25.1. The molecule has 1 aromatic carbocycles. The Labute approximate surface area is 206 Å². The minimum absolute atomic E-state index is 0.113. The number of piperidine rings is 1. The summed E-state index contributed by atoms with van der Waals surface area (Å²) in [6.07, 6.45) is 4.20. The molecule has 2 aromatic heterocycles. The lowest BCUT2D eigenvalue weighted by atomic mass is 10.1. The summed E-state index contributed by atoms with van der Waals surface area (Å²) >= 11 is 0. The van der Waals surface area contributed by atoms with Crippen LogP contribution in [0.2, 0.25) is 0 Å². The van der Waals surface area contributed by atoms with Gasteiger partial charge in [-0.15, -0.1) is 0 Å². The molecule has 1 N–H and O–H groups in total. The predicted octanol–water partition coefficient (Wildman–Crippen LogP) is 4.62. The number of rotatable bonds is 8. The molecule has 0 bridgehead atoms. The number of carbonyl (C=O) groups excluding carboxylic acids is 1. The third-order valence-electron chi connectivity index (χ3n) is 6.44. The molecule has 0 spiro atoms. The Balaban J connectivity index is 1.71. The minimum atomic E-state index is -3.65. The van der Waals surface area contributed by atoms with Crippen molar-refractivity contribution in [1.29, 1.82) is 0 Å². The van der Waals surface area contributed by atoms with Crippen molar-refractivity contribution in [3.05, 3.63) is 41.7 Å². The highest BCUT2D eigenvalue weighted by Crippen LogP contribution is 2.32. The highest BCUT2D eigenvalue weighted by Gasteiger charge is 2.27. The van der Waals surface area contributed by atoms with Gasteiger partial charge >= 0.3 is 0 Å². The van der Waals surface area contributed by atoms with Gasteiger partial charge < -0.3 is 14.7 Å². The fourth-order valence-electron chi connectivity index (χ4n) is 4.46. The normalized spacial score (nSPS) is 15.0. The average molecular weight is 500 g/mol. The smallest absolute Gasteiger partial charge is 0.257 e. The van der Waals surface area contributed by atoms with Crippen molar-refractivity contribution < 1.29 is 17.7 Å². The molecule has 4 rings (SSSR count). The van der Waals surface area contributed by atoms with Crippen LogP contribution >= 0.6 is 0 Å². The molecule has 3 heterocycles. The van der Waals surface area contributed by atoms with Gasteiger partial charge in [0.25, 0.3) is 11.6 Å². The summed E-state index contributed by atoms with van der Waals surface area (Å²) in [7, 11) is -3.65. The van der Waals surface area contributed by atoms with E-state index in [1.165, 1.54) is 10.5 Å². The number of pyridine rings is 1. The molecule has 1 saturated heterocycles. The van der Waals surface area contributed by atoms with Gasteiger partial charge in [-0.25, -0.2) is 13.4 Å². The standard InChI is InChI=1S/C25H33N5O4S/c1-5-29(6-2)22-11-10-19(35(32,33)30-12-8-7-9-13-30)15-21(22)27-24(31)18-14-20-23(17(3)4)28-34-25(20)26-16-18/h10-11,14-17H,5-9,12-13H2,1-4H3,(H,27,31). The minimum Gasteiger partial charge on any atom is -0.370 e. The second-order valence-electron chi connectivity index (χ2n) is 9.07. The number of sulfonamides is 1. The fraction of sp³-hybridized carbons (Fsp3) is 0.480. The van der Waals surface area contributed by atoms with Crippen molar-refractivity contribution in [1.82, 2.24) is 14.4 Å². The van der Waals surface area contributed by atoms with Gasteiger partial charge in [-0.3, -0.25) is 4.79 Å². The Morgan fingerprint density at radius 3 is 2.51 bits per heavy atom. The molecule has 10 heteroatoms. The van der Waals surface area contributed by atoms with Crippen molar-refractivity contribution in [2.75, 3.05) is 36.4 Å². The summed E-state index contributed by atoms with van der Waals surface area (Å²) < 4.78 is 33.4. The third kappa shape index (κ3) is 5.04. The van der Waals surface area contributed by atoms with Crippen LogP contribution < -0.4 is 10.2 Å². The Morgan fingerprint density at radius 1 is 1.14 bits per heavy atom. The lowest BCUT2D eigenvalue weighted by Crippen LogP contribution is -2.35. The number of nitrogens with one attached hydrogen (secondary N) is 1. The Kier molecular flexibility index (Phi) is 7.42. The van der Waals surface area contributed by atoms with E-state index < -0.39 is 10.0 Å². The number of hydrogen-bond acceptors (Lipinski definition) is 7. The molecule has 0 radical (unpaired) electrons. The quantitative estimate of drug-likeness (QED) is 0.482. The first-order valence-corrected chi connectivity index (χ1v) is 13.7. The van der Waals surface area contributed by atoms with Crippen LogP contribution in [0, 0.1) is 0 Å². The molecule has 35 heavy (non-hydrogen) atoms. The van der Waals surface area contributed by atoms with Gasteiger partial charge in [0.05, 0.1) is 32.9 Å². The number of benzene rings is 1. The number of amides is 1. The lowest BCUT2D eigenvalue weighted by Gasteiger charge is -2.28. The zero-order valence-corrected chi connectivity index (χ0v) is 21.6. The van der Waals surface area contributed by atoms with Crippen molar-refractivity contribution >= 4 is 38.4 Å². The summed E-state index contributed by atoms with van der Waals surface area (Å²) in [5.41, 5.74) is 2.68. The number of nitrogens with zero attached hydrogens (tertiary/aromatic N) is 4. The van der Waals surface area contributed by atoms with Gasteiger partial charge in [-0.2, -0.15) is 4.31 Å². The van der Waals surface area contributed by atoms with Crippen LogP contribution in [0.25, 0.3) is 11.1 Å². The largest absolute Gasteiger partial charge is 0.370 e. The monoisotopic (exact) mass is 499 g/mol. The van der Waals surface area contributed by atoms with Crippen LogP contribution in [-0.2, 0) is 10.0 Å². The first-order chi connectivity index (χ1) is 16.8. The van der Waals surface area contributed by atoms with Gasteiger partial charge in [0.15, 0.2) is 0 Å². The Hall–Kier alpha value is -2.98. The molecular weight excluding hydrogens is 466 g/mol. The van der Waals surface area contributed by atoms with Crippen LogP contribution in [0.15, 0.2) is 39.9 Å². The molecule has 0 aliphatic carbocycles. The number of anilines is 2. The van der Waals surface area contributed by atoms with Gasteiger partial charge in [-0.05, 0) is 56.9 Å². The van der Waals surface area contributed by atoms with Gasteiger partial charge in [-0.1, -0.05) is 25.4 Å². The number of fused-ring (bicyclic) bond motifs is 1. The van der Waals surface area contributed by atoms with Crippen LogP contribution in [0.5, 0.6) is 0 Å². The van der Waals surface area contributed by atoms with Crippen LogP contribution in [-0.4, -0.2) is 54.9 Å². The molecule has 1 aliphatic rings. The second kappa shape index (κ2) is 10.3. The molecule has 0 saturated carbocycles. The van der Waals surface area contributed by atoms with E-state index in [-0.39, 0.29) is 16.7 Å². The maximum absolute atomic E-state index is 13.3. The van der Waals surface area contributed by atoms with Gasteiger partial charge in [0.2, 0.25) is 10.0 Å². The molecule has 0 unspecified atom stereocenters. The fourth-order valence-corrected chi connectivity index (χ4v) is 6.00. The molecule has 1 aliphatic heterocycles. The zero-order valence-electron chi connectivity index (χ0n) is 20.7. The molecule has 9 nitrogen and oxygen atoms in total. The van der Waals surface area contributed by atoms with Crippen molar-refractivity contribution in [3.63, 3.8) is 0 Å². The first-order valence-electron chi connectivity index (χ1n) is 12.2. The number of hydrogen-bond donors (Lipinski definition) is 1. The average Bonchev–Trinajstić information content (AvgIpc) is 3.29. The Morgan fingerprint density at radius 2 is 1.86 bits per heavy atom. The molecule has 1 fully saturated rings. The maximum atomic E-state index is 13.3. The third-order valence-corrected chi connectivity index (χ3v) is 8.33. The summed E-state index contributed by atoms with van der Waals surface area (Å²) in [5.74, 6) is -0.265. The van der Waals surface area contributed by atoms with E-state index in [1.54, 1.807) is 24.3 Å². The second-order valence-corrected chi connectivity index (χ2v) is 11.0. The van der Waals surface area contributed by atoms with Crippen LogP contribution in [0.1, 0.15) is 68.9 Å². The van der Waals surface area contributed by atoms with Crippen molar-refractivity contribution in [2.24, 2.45) is 0 Å². The van der Waals surface area contributed by atoms with Crippen LogP contribution in [0.3, 0.4) is 0 Å². The van der Waals surface area contributed by atoms with E-state index in [0.29, 0.717) is 48.5 Å². The van der Waals surface area contributed by atoms with E-state index in [9.17, 15) is 13.2 Å². The van der Waals surface area contributed by atoms with E-state index in [2.05, 4.69) is 20.4 Å². The van der Waals surface area contributed by atoms with Gasteiger partial charge in [0, 0.05) is 32.4 Å². The van der Waals surface area contributed by atoms with Crippen molar-refractivity contribution in [3.8, 4) is 0 Å². The highest BCUT2D eigenvalue weighted by molar-refractivity contribution is 7.89. The zero-order chi connectivity index (χ0) is 25.2. The molecule has 1 amide bonds. The van der Waals surface area contributed by atoms with Crippen LogP contribution in [0.4, 0.5) is 11.4 Å².